The first-order valence-electron chi connectivity index (χ1n) is 8.65. The summed E-state index contributed by atoms with van der Waals surface area (Å²) in [6, 6.07) is 21.2. The SMILES string of the molecule is O=c1oc2ccccc2n1P(=O)(Oc1ccccc1)n1c(=O)oc2ccccc21. The van der Waals surface area contributed by atoms with Crippen molar-refractivity contribution in [3.05, 3.63) is 100.0 Å². The largest absolute Gasteiger partial charge is 0.468 e. The summed E-state index contributed by atoms with van der Waals surface area (Å²) in [5, 5.41) is 0. The van der Waals surface area contributed by atoms with E-state index in [-0.39, 0.29) is 27.9 Å². The monoisotopic (exact) mass is 408 g/mol. The number of fused-ring (bicyclic) bond motifs is 2. The van der Waals surface area contributed by atoms with Gasteiger partial charge < -0.3 is 13.4 Å². The molecule has 0 fully saturated rings. The Kier molecular flexibility index (Phi) is 3.82. The minimum Gasteiger partial charge on any atom is -0.413 e. The lowest BCUT2D eigenvalue weighted by Gasteiger charge is -2.19. The van der Waals surface area contributed by atoms with E-state index in [9.17, 15) is 14.2 Å². The molecule has 0 aliphatic carbocycles. The van der Waals surface area contributed by atoms with Crippen LogP contribution in [0.4, 0.5) is 0 Å². The Morgan fingerprint density at radius 3 is 1.62 bits per heavy atom. The predicted octanol–water partition coefficient (Wildman–Crippen LogP) is 4.09. The summed E-state index contributed by atoms with van der Waals surface area (Å²) in [7, 11) is -4.40. The van der Waals surface area contributed by atoms with Crippen LogP contribution in [0.1, 0.15) is 0 Å². The highest BCUT2D eigenvalue weighted by Gasteiger charge is 2.39. The summed E-state index contributed by atoms with van der Waals surface area (Å²) in [6.07, 6.45) is 0. The van der Waals surface area contributed by atoms with Crippen LogP contribution in [0.5, 0.6) is 5.75 Å². The summed E-state index contributed by atoms with van der Waals surface area (Å²) in [5.41, 5.74) is 0.897. The molecule has 0 bridgehead atoms. The van der Waals surface area contributed by atoms with Crippen LogP contribution in [0.2, 0.25) is 0 Å². The fraction of sp³-hybridized carbons (Fsp3) is 0. The smallest absolute Gasteiger partial charge is 0.413 e. The fourth-order valence-corrected chi connectivity index (χ4v) is 5.28. The molecular formula is C20H13N2O6P. The minimum absolute atomic E-state index is 0.213. The molecule has 5 aromatic rings. The third-order valence-electron chi connectivity index (χ3n) is 4.40. The van der Waals surface area contributed by atoms with Crippen LogP contribution in [0, 0.1) is 0 Å². The second kappa shape index (κ2) is 6.39. The van der Waals surface area contributed by atoms with Crippen molar-refractivity contribution in [3.63, 3.8) is 0 Å². The third kappa shape index (κ3) is 2.65. The quantitative estimate of drug-likeness (QED) is 0.416. The summed E-state index contributed by atoms with van der Waals surface area (Å²) < 4.78 is 32.4. The van der Waals surface area contributed by atoms with Gasteiger partial charge in [-0.15, -0.1) is 0 Å². The molecule has 2 heterocycles. The van der Waals surface area contributed by atoms with Crippen LogP contribution in [0.25, 0.3) is 22.2 Å². The van der Waals surface area contributed by atoms with Gasteiger partial charge in [-0.05, 0) is 36.4 Å². The van der Waals surface area contributed by atoms with Gasteiger partial charge in [0.15, 0.2) is 11.2 Å². The summed E-state index contributed by atoms with van der Waals surface area (Å²) in [4.78, 5) is 25.4. The Morgan fingerprint density at radius 2 is 1.10 bits per heavy atom. The van der Waals surface area contributed by atoms with E-state index in [0.29, 0.717) is 0 Å². The fourth-order valence-electron chi connectivity index (χ4n) is 3.18. The Bertz CT molecular complexity index is 1420. The lowest BCUT2D eigenvalue weighted by molar-refractivity contribution is 0.442. The van der Waals surface area contributed by atoms with Crippen LogP contribution < -0.4 is 16.0 Å². The zero-order chi connectivity index (χ0) is 20.0. The molecule has 8 nitrogen and oxygen atoms in total. The molecule has 144 valence electrons. The van der Waals surface area contributed by atoms with E-state index < -0.39 is 19.2 Å². The lowest BCUT2D eigenvalue weighted by atomic mass is 10.3. The van der Waals surface area contributed by atoms with Gasteiger partial charge in [0, 0.05) is 0 Å². The molecule has 0 unspecified atom stereocenters. The van der Waals surface area contributed by atoms with Gasteiger partial charge in [0.25, 0.3) is 0 Å². The predicted molar refractivity (Wildman–Crippen MR) is 106 cm³/mol. The highest BCUT2D eigenvalue weighted by atomic mass is 31.2. The first-order chi connectivity index (χ1) is 14.1. The Labute approximate surface area is 162 Å². The number of aromatic nitrogens is 2. The van der Waals surface area contributed by atoms with Gasteiger partial charge in [0.1, 0.15) is 16.8 Å². The van der Waals surface area contributed by atoms with E-state index in [1.54, 1.807) is 78.9 Å². The number of benzene rings is 3. The highest BCUT2D eigenvalue weighted by molar-refractivity contribution is 7.56. The maximum absolute atomic E-state index is 14.4. The van der Waals surface area contributed by atoms with E-state index >= 15 is 0 Å². The van der Waals surface area contributed by atoms with Crippen LogP contribution >= 0.6 is 7.67 Å². The molecule has 0 saturated carbocycles. The summed E-state index contributed by atoms with van der Waals surface area (Å²) >= 11 is 0. The molecule has 0 N–H and O–H groups in total. The van der Waals surface area contributed by atoms with Gasteiger partial charge in [-0.2, -0.15) is 8.68 Å². The van der Waals surface area contributed by atoms with Crippen molar-refractivity contribution in [2.24, 2.45) is 0 Å². The zero-order valence-electron chi connectivity index (χ0n) is 14.8. The van der Waals surface area contributed by atoms with Gasteiger partial charge in [0.05, 0.1) is 0 Å². The van der Waals surface area contributed by atoms with Crippen LogP contribution in [-0.2, 0) is 4.57 Å². The van der Waals surface area contributed by atoms with Gasteiger partial charge in [-0.1, -0.05) is 42.5 Å². The topological polar surface area (TPSA) is 96.6 Å². The van der Waals surface area contributed by atoms with E-state index in [1.807, 2.05) is 0 Å². The van der Waals surface area contributed by atoms with E-state index in [1.165, 1.54) is 0 Å². The first-order valence-corrected chi connectivity index (χ1v) is 10.2. The Balaban J connectivity index is 1.89. The normalized spacial score (nSPS) is 11.9. The van der Waals surface area contributed by atoms with E-state index in [2.05, 4.69) is 0 Å². The van der Waals surface area contributed by atoms with Crippen molar-refractivity contribution in [3.8, 4) is 5.75 Å². The summed E-state index contributed by atoms with van der Waals surface area (Å²) in [6.45, 7) is 0. The molecule has 0 aliphatic heterocycles. The molecule has 3 aromatic carbocycles. The van der Waals surface area contributed by atoms with Gasteiger partial charge >= 0.3 is 19.2 Å². The number of hydrogen-bond acceptors (Lipinski definition) is 6. The molecule has 29 heavy (non-hydrogen) atoms. The van der Waals surface area contributed by atoms with E-state index in [0.717, 1.165) is 8.68 Å². The number of hydrogen-bond donors (Lipinski definition) is 0. The van der Waals surface area contributed by atoms with Crippen LogP contribution in [0.3, 0.4) is 0 Å². The molecule has 0 amide bonds. The molecule has 0 radical (unpaired) electrons. The average molecular weight is 408 g/mol. The van der Waals surface area contributed by atoms with Gasteiger partial charge in [-0.25, -0.2) is 14.2 Å². The van der Waals surface area contributed by atoms with Crippen molar-refractivity contribution in [1.82, 2.24) is 8.68 Å². The third-order valence-corrected chi connectivity index (χ3v) is 6.62. The highest BCUT2D eigenvalue weighted by Crippen LogP contribution is 2.51. The van der Waals surface area contributed by atoms with Gasteiger partial charge in [0.2, 0.25) is 0 Å². The van der Waals surface area contributed by atoms with Crippen molar-refractivity contribution < 1.29 is 17.9 Å². The number of oxazole rings is 2. The minimum atomic E-state index is -4.40. The maximum Gasteiger partial charge on any atom is 0.468 e. The summed E-state index contributed by atoms with van der Waals surface area (Å²) in [5.74, 6) is -1.62. The van der Waals surface area contributed by atoms with Crippen molar-refractivity contribution in [2.45, 2.75) is 0 Å². The number of para-hydroxylation sites is 5. The number of nitrogens with zero attached hydrogens (tertiary/aromatic N) is 2. The molecule has 0 atom stereocenters. The van der Waals surface area contributed by atoms with Crippen LogP contribution in [0.15, 0.2) is 97.3 Å². The van der Waals surface area contributed by atoms with E-state index in [4.69, 9.17) is 13.4 Å². The Morgan fingerprint density at radius 1 is 0.655 bits per heavy atom. The maximum atomic E-state index is 14.4. The second-order valence-electron chi connectivity index (χ2n) is 6.19. The molecule has 9 heteroatoms. The molecule has 0 aliphatic rings. The molecule has 5 rings (SSSR count). The lowest BCUT2D eigenvalue weighted by Crippen LogP contribution is -2.25. The molecule has 0 saturated heterocycles. The van der Waals surface area contributed by atoms with Crippen molar-refractivity contribution in [1.29, 1.82) is 0 Å². The van der Waals surface area contributed by atoms with Crippen molar-refractivity contribution >= 4 is 29.9 Å². The standard InChI is InChI=1S/C20H13N2O6P/c23-19-21(15-10-4-6-12-17(15)26-19)29(25,28-14-8-2-1-3-9-14)22-16-11-5-7-13-18(16)27-20(22)24/h1-13H. The molecule has 0 spiro atoms. The first kappa shape index (κ1) is 17.3. The van der Waals surface area contributed by atoms with Gasteiger partial charge in [-0.3, -0.25) is 0 Å². The second-order valence-corrected chi connectivity index (χ2v) is 8.15. The molecule has 2 aromatic heterocycles. The molecular weight excluding hydrogens is 395 g/mol. The van der Waals surface area contributed by atoms with Crippen molar-refractivity contribution in [2.75, 3.05) is 0 Å². The van der Waals surface area contributed by atoms with Crippen LogP contribution in [-0.4, -0.2) is 8.68 Å². The Hall–Kier alpha value is -3.77. The number of rotatable bonds is 4. The average Bonchev–Trinajstić information content (AvgIpc) is 3.24. The zero-order valence-corrected chi connectivity index (χ0v) is 15.7.